The largest absolute Gasteiger partial charge is 0.476 e. The third kappa shape index (κ3) is 3.10. The van der Waals surface area contributed by atoms with Gasteiger partial charge in [-0.3, -0.25) is 0 Å². The van der Waals surface area contributed by atoms with Crippen molar-refractivity contribution in [3.8, 4) is 23.5 Å². The van der Waals surface area contributed by atoms with Crippen LogP contribution in [0, 0.1) is 11.8 Å². The van der Waals surface area contributed by atoms with E-state index >= 15 is 0 Å². The van der Waals surface area contributed by atoms with E-state index in [1.165, 1.54) is 0 Å². The first kappa shape index (κ1) is 12.6. The average molecular weight is 257 g/mol. The summed E-state index contributed by atoms with van der Waals surface area (Å²) < 4.78 is 5.36. The highest BCUT2D eigenvalue weighted by Crippen LogP contribution is 2.21. The van der Waals surface area contributed by atoms with Gasteiger partial charge in [-0.05, 0) is 24.3 Å². The molecular formula is C13H11N3O3. The van der Waals surface area contributed by atoms with Crippen molar-refractivity contribution in [3.05, 3.63) is 35.5 Å². The second-order valence-corrected chi connectivity index (χ2v) is 3.58. The van der Waals surface area contributed by atoms with E-state index in [-0.39, 0.29) is 11.6 Å². The van der Waals surface area contributed by atoms with E-state index in [0.717, 1.165) is 12.0 Å². The van der Waals surface area contributed by atoms with Crippen molar-refractivity contribution in [2.75, 3.05) is 0 Å². The third-order valence-electron chi connectivity index (χ3n) is 2.20. The molecule has 0 radical (unpaired) electrons. The highest BCUT2D eigenvalue weighted by atomic mass is 16.5. The number of carboxylic acid groups (broad SMARTS) is 1. The summed E-state index contributed by atoms with van der Waals surface area (Å²) in [7, 11) is 0. The van der Waals surface area contributed by atoms with E-state index in [1.807, 2.05) is 6.92 Å². The van der Waals surface area contributed by atoms with Crippen molar-refractivity contribution in [2.45, 2.75) is 13.3 Å². The number of carboxylic acids is 1. The highest BCUT2D eigenvalue weighted by Gasteiger charge is 2.16. The molecule has 1 heterocycles. The van der Waals surface area contributed by atoms with Gasteiger partial charge < -0.3 is 9.84 Å². The molecule has 1 aromatic heterocycles. The summed E-state index contributed by atoms with van der Waals surface area (Å²) in [6, 6.07) is 6.99. The number of aromatic amines is 1. The zero-order valence-electron chi connectivity index (χ0n) is 10.2. The molecule has 0 bridgehead atoms. The van der Waals surface area contributed by atoms with Gasteiger partial charge in [0.2, 0.25) is 5.69 Å². The monoisotopic (exact) mass is 257 g/mol. The number of aromatic nitrogens is 3. The first-order valence-electron chi connectivity index (χ1n) is 5.62. The molecule has 0 unspecified atom stereocenters. The molecule has 96 valence electrons. The van der Waals surface area contributed by atoms with Gasteiger partial charge in [-0.15, -0.1) is 5.10 Å². The van der Waals surface area contributed by atoms with Gasteiger partial charge in [0.25, 0.3) is 5.88 Å². The summed E-state index contributed by atoms with van der Waals surface area (Å²) in [5.41, 5.74) is 0.616. The van der Waals surface area contributed by atoms with E-state index in [4.69, 9.17) is 9.84 Å². The summed E-state index contributed by atoms with van der Waals surface area (Å²) in [6.45, 7) is 1.98. The fourth-order valence-corrected chi connectivity index (χ4v) is 1.34. The summed E-state index contributed by atoms with van der Waals surface area (Å²) in [4.78, 5) is 10.8. The Bertz CT molecular complexity index is 635. The van der Waals surface area contributed by atoms with Crippen molar-refractivity contribution in [1.82, 2.24) is 15.4 Å². The first-order chi connectivity index (χ1) is 9.20. The molecule has 6 heteroatoms. The molecule has 2 aromatic rings. The Morgan fingerprint density at radius 3 is 2.79 bits per heavy atom. The van der Waals surface area contributed by atoms with Gasteiger partial charge in [-0.25, -0.2) is 9.89 Å². The zero-order chi connectivity index (χ0) is 13.7. The van der Waals surface area contributed by atoms with E-state index in [2.05, 4.69) is 27.3 Å². The number of hydrogen-bond donors (Lipinski definition) is 2. The minimum absolute atomic E-state index is 0.0000997. The molecule has 1 aromatic carbocycles. The maximum Gasteiger partial charge on any atom is 0.362 e. The number of aromatic carboxylic acids is 1. The molecule has 0 aliphatic heterocycles. The molecule has 0 amide bonds. The molecule has 0 atom stereocenters. The Hall–Kier alpha value is -2.81. The van der Waals surface area contributed by atoms with Gasteiger partial charge in [0.1, 0.15) is 5.75 Å². The minimum Gasteiger partial charge on any atom is -0.476 e. The lowest BCUT2D eigenvalue weighted by molar-refractivity contribution is 0.0687. The summed E-state index contributed by atoms with van der Waals surface area (Å²) in [5, 5.41) is 18.1. The van der Waals surface area contributed by atoms with Crippen LogP contribution in [-0.2, 0) is 0 Å². The third-order valence-corrected chi connectivity index (χ3v) is 2.20. The van der Waals surface area contributed by atoms with Gasteiger partial charge in [0, 0.05) is 12.0 Å². The van der Waals surface area contributed by atoms with Crippen LogP contribution in [0.3, 0.4) is 0 Å². The summed E-state index contributed by atoms with van der Waals surface area (Å²) >= 11 is 0. The van der Waals surface area contributed by atoms with Crippen LogP contribution in [0.2, 0.25) is 0 Å². The SMILES string of the molecule is CCC#Cc1ccc(Oc2[nH]nnc2C(=O)O)cc1. The standard InChI is InChI=1S/C13H11N3O3/c1-2-3-4-9-5-7-10(8-6-9)19-12-11(13(17)18)14-16-15-12/h5-8H,2H2,1H3,(H,17,18)(H,14,15,16). The number of nitrogens with one attached hydrogen (secondary N) is 1. The number of benzene rings is 1. The van der Waals surface area contributed by atoms with Crippen LogP contribution >= 0.6 is 0 Å². The van der Waals surface area contributed by atoms with Gasteiger partial charge >= 0.3 is 5.97 Å². The molecule has 0 saturated heterocycles. The summed E-state index contributed by atoms with van der Waals surface area (Å²) in [5.74, 6) is 5.22. The van der Waals surface area contributed by atoms with Gasteiger partial charge in [0.05, 0.1) is 0 Å². The minimum atomic E-state index is -1.20. The van der Waals surface area contributed by atoms with Crippen molar-refractivity contribution in [2.24, 2.45) is 0 Å². The average Bonchev–Trinajstić information content (AvgIpc) is 2.86. The van der Waals surface area contributed by atoms with E-state index in [1.54, 1.807) is 24.3 Å². The fraction of sp³-hybridized carbons (Fsp3) is 0.154. The van der Waals surface area contributed by atoms with E-state index in [9.17, 15) is 4.79 Å². The number of ether oxygens (including phenoxy) is 1. The smallest absolute Gasteiger partial charge is 0.362 e. The molecule has 0 fully saturated rings. The quantitative estimate of drug-likeness (QED) is 0.821. The lowest BCUT2D eigenvalue weighted by Gasteiger charge is -2.02. The van der Waals surface area contributed by atoms with Crippen molar-refractivity contribution in [3.63, 3.8) is 0 Å². The molecule has 19 heavy (non-hydrogen) atoms. The predicted octanol–water partition coefficient (Wildman–Crippen LogP) is 2.06. The van der Waals surface area contributed by atoms with Crippen LogP contribution in [0.1, 0.15) is 29.4 Å². The maximum absolute atomic E-state index is 10.8. The van der Waals surface area contributed by atoms with Crippen molar-refractivity contribution < 1.29 is 14.6 Å². The summed E-state index contributed by atoms with van der Waals surface area (Å²) in [6.07, 6.45) is 0.792. The molecule has 0 aliphatic carbocycles. The van der Waals surface area contributed by atoms with E-state index in [0.29, 0.717) is 5.75 Å². The highest BCUT2D eigenvalue weighted by molar-refractivity contribution is 5.87. The van der Waals surface area contributed by atoms with Gasteiger partial charge in [0.15, 0.2) is 0 Å². The molecule has 0 aliphatic rings. The van der Waals surface area contributed by atoms with Crippen LogP contribution in [0.15, 0.2) is 24.3 Å². The topological polar surface area (TPSA) is 88.1 Å². The second kappa shape index (κ2) is 5.69. The molecular weight excluding hydrogens is 246 g/mol. The van der Waals surface area contributed by atoms with Gasteiger partial charge in [-0.1, -0.05) is 24.0 Å². The zero-order valence-corrected chi connectivity index (χ0v) is 10.2. The second-order valence-electron chi connectivity index (χ2n) is 3.58. The van der Waals surface area contributed by atoms with Crippen molar-refractivity contribution >= 4 is 5.97 Å². The normalized spacial score (nSPS) is 9.53. The Morgan fingerprint density at radius 1 is 1.42 bits per heavy atom. The Labute approximate surface area is 109 Å². The molecule has 2 rings (SSSR count). The number of hydrogen-bond acceptors (Lipinski definition) is 4. The Kier molecular flexibility index (Phi) is 3.78. The fourth-order valence-electron chi connectivity index (χ4n) is 1.34. The lowest BCUT2D eigenvalue weighted by Crippen LogP contribution is -1.99. The molecule has 2 N–H and O–H groups in total. The Morgan fingerprint density at radius 2 is 2.16 bits per heavy atom. The molecule has 0 spiro atoms. The van der Waals surface area contributed by atoms with Crippen LogP contribution < -0.4 is 4.74 Å². The number of carbonyl (C=O) groups is 1. The van der Waals surface area contributed by atoms with Crippen molar-refractivity contribution in [1.29, 1.82) is 0 Å². The lowest BCUT2D eigenvalue weighted by atomic mass is 10.2. The number of nitrogens with zero attached hydrogens (tertiary/aromatic N) is 2. The number of rotatable bonds is 3. The molecule has 6 nitrogen and oxygen atoms in total. The van der Waals surface area contributed by atoms with Gasteiger partial charge in [-0.2, -0.15) is 0 Å². The Balaban J connectivity index is 2.15. The first-order valence-corrected chi connectivity index (χ1v) is 5.62. The maximum atomic E-state index is 10.8. The predicted molar refractivity (Wildman–Crippen MR) is 67.0 cm³/mol. The van der Waals surface area contributed by atoms with Crippen LogP contribution in [0.4, 0.5) is 0 Å². The van der Waals surface area contributed by atoms with Crippen LogP contribution in [0.25, 0.3) is 0 Å². The van der Waals surface area contributed by atoms with Crippen LogP contribution in [-0.4, -0.2) is 26.5 Å². The number of H-pyrrole nitrogens is 1. The molecule has 0 saturated carbocycles. The van der Waals surface area contributed by atoms with Crippen LogP contribution in [0.5, 0.6) is 11.6 Å². The van der Waals surface area contributed by atoms with E-state index < -0.39 is 5.97 Å².